The number of rotatable bonds is 3. The molecule has 1 aliphatic heterocycles. The summed E-state index contributed by atoms with van der Waals surface area (Å²) in [6.45, 7) is 4.18. The molecule has 0 atom stereocenters. The molecular weight excluding hydrogens is 276 g/mol. The number of hydrogen-bond donors (Lipinski definition) is 0. The van der Waals surface area contributed by atoms with Crippen LogP contribution >= 0.6 is 0 Å². The molecule has 2 aromatic carbocycles. The maximum atomic E-state index is 12.1. The second kappa shape index (κ2) is 6.19. The molecule has 0 fully saturated rings. The van der Waals surface area contributed by atoms with E-state index in [1.165, 1.54) is 0 Å². The van der Waals surface area contributed by atoms with Gasteiger partial charge in [0.05, 0.1) is 0 Å². The summed E-state index contributed by atoms with van der Waals surface area (Å²) in [5.41, 5.74) is 2.43. The van der Waals surface area contributed by atoms with Gasteiger partial charge in [0.25, 0.3) is 0 Å². The van der Waals surface area contributed by atoms with Crippen LogP contribution < -0.4 is 9.47 Å². The van der Waals surface area contributed by atoms with Gasteiger partial charge in [-0.25, -0.2) is 0 Å². The lowest BCUT2D eigenvalue weighted by Gasteiger charge is -2.00. The number of carbonyl (C=O) groups is 1. The lowest BCUT2D eigenvalue weighted by atomic mass is 10.0. The molecule has 0 saturated carbocycles. The molecule has 0 amide bonds. The summed E-state index contributed by atoms with van der Waals surface area (Å²) in [4.78, 5) is 12.1. The van der Waals surface area contributed by atoms with Crippen molar-refractivity contribution in [2.24, 2.45) is 0 Å². The largest absolute Gasteiger partial charge is 0.454 e. The number of carbonyl (C=O) groups excluding carboxylic acids is 1. The van der Waals surface area contributed by atoms with Crippen LogP contribution in [0.3, 0.4) is 0 Å². The fraction of sp³-hybridized carbons (Fsp3) is 0.105. The molecule has 0 radical (unpaired) electrons. The van der Waals surface area contributed by atoms with Crippen molar-refractivity contribution < 1.29 is 14.3 Å². The minimum Gasteiger partial charge on any atom is -0.454 e. The summed E-state index contributed by atoms with van der Waals surface area (Å²) < 4.78 is 10.5. The molecule has 0 spiro atoms. The molecule has 1 heterocycles. The van der Waals surface area contributed by atoms with Gasteiger partial charge in [-0.3, -0.25) is 4.79 Å². The fourth-order valence-electron chi connectivity index (χ4n) is 2.12. The van der Waals surface area contributed by atoms with Crippen molar-refractivity contribution in [3.8, 4) is 23.3 Å². The second-order valence-electron chi connectivity index (χ2n) is 4.85. The SMILES string of the molecule is C=C(CC#CC(=O)c1ccc2c(c1)OCO2)c1ccccc1. The Labute approximate surface area is 129 Å². The smallest absolute Gasteiger partial charge is 0.236 e. The first-order valence-electron chi connectivity index (χ1n) is 6.90. The average Bonchev–Trinajstić information content (AvgIpc) is 3.03. The zero-order valence-electron chi connectivity index (χ0n) is 12.0. The summed E-state index contributed by atoms with van der Waals surface area (Å²) in [5, 5.41) is 0. The number of ether oxygens (including phenoxy) is 2. The molecule has 0 unspecified atom stereocenters. The number of hydrogen-bond acceptors (Lipinski definition) is 3. The van der Waals surface area contributed by atoms with Crippen LogP contribution in [0.15, 0.2) is 55.1 Å². The summed E-state index contributed by atoms with van der Waals surface area (Å²) in [6.07, 6.45) is 0.459. The summed E-state index contributed by atoms with van der Waals surface area (Å²) in [5.74, 6) is 6.53. The Balaban J connectivity index is 1.66. The first kappa shape index (κ1) is 14.0. The van der Waals surface area contributed by atoms with Crippen LogP contribution in [-0.2, 0) is 0 Å². The zero-order valence-corrected chi connectivity index (χ0v) is 12.0. The standard InChI is InChI=1S/C19H14O3/c1-14(15-7-3-2-4-8-15)6-5-9-17(20)16-10-11-18-19(12-16)22-13-21-18/h2-4,7-8,10-12H,1,6,13H2. The number of allylic oxidation sites excluding steroid dienone is 1. The van der Waals surface area contributed by atoms with E-state index in [4.69, 9.17) is 9.47 Å². The molecule has 0 bridgehead atoms. The third kappa shape index (κ3) is 3.02. The van der Waals surface area contributed by atoms with Gasteiger partial charge >= 0.3 is 0 Å². The molecule has 0 saturated heterocycles. The van der Waals surface area contributed by atoms with Crippen LogP contribution in [0, 0.1) is 11.8 Å². The lowest BCUT2D eigenvalue weighted by molar-refractivity contribution is 0.105. The average molecular weight is 290 g/mol. The third-order valence-electron chi connectivity index (χ3n) is 3.32. The molecule has 0 N–H and O–H groups in total. The number of fused-ring (bicyclic) bond motifs is 1. The van der Waals surface area contributed by atoms with E-state index >= 15 is 0 Å². The van der Waals surface area contributed by atoms with Crippen LogP contribution in [0.1, 0.15) is 22.3 Å². The predicted octanol–water partition coefficient (Wildman–Crippen LogP) is 3.70. The molecule has 1 aliphatic rings. The normalized spacial score (nSPS) is 11.5. The molecule has 3 nitrogen and oxygen atoms in total. The molecule has 22 heavy (non-hydrogen) atoms. The Morgan fingerprint density at radius 2 is 1.82 bits per heavy atom. The molecule has 0 aromatic heterocycles. The molecule has 0 aliphatic carbocycles. The van der Waals surface area contributed by atoms with E-state index in [1.807, 2.05) is 30.3 Å². The van der Waals surface area contributed by atoms with E-state index in [1.54, 1.807) is 18.2 Å². The fourth-order valence-corrected chi connectivity index (χ4v) is 2.12. The second-order valence-corrected chi connectivity index (χ2v) is 4.85. The van der Waals surface area contributed by atoms with Gasteiger partial charge in [0.15, 0.2) is 11.5 Å². The van der Waals surface area contributed by atoms with E-state index in [0.29, 0.717) is 23.5 Å². The third-order valence-corrected chi connectivity index (χ3v) is 3.32. The van der Waals surface area contributed by atoms with Gasteiger partial charge in [0.2, 0.25) is 12.6 Å². The Morgan fingerprint density at radius 3 is 2.64 bits per heavy atom. The van der Waals surface area contributed by atoms with Crippen LogP contribution in [0.5, 0.6) is 11.5 Å². The van der Waals surface area contributed by atoms with Crippen LogP contribution in [0.4, 0.5) is 0 Å². The van der Waals surface area contributed by atoms with Crippen LogP contribution in [-0.4, -0.2) is 12.6 Å². The molecule has 3 heteroatoms. The quantitative estimate of drug-likeness (QED) is 0.491. The van der Waals surface area contributed by atoms with Gasteiger partial charge in [-0.1, -0.05) is 42.8 Å². The molecule has 108 valence electrons. The minimum atomic E-state index is -0.237. The Kier molecular flexibility index (Phi) is 3.93. The number of ketones is 1. The van der Waals surface area contributed by atoms with Gasteiger partial charge in [-0.2, -0.15) is 0 Å². The highest BCUT2D eigenvalue weighted by Crippen LogP contribution is 2.32. The molecule has 2 aromatic rings. The summed E-state index contributed by atoms with van der Waals surface area (Å²) in [6, 6.07) is 14.9. The van der Waals surface area contributed by atoms with Gasteiger partial charge in [0.1, 0.15) is 0 Å². The maximum Gasteiger partial charge on any atom is 0.236 e. The van der Waals surface area contributed by atoms with Crippen molar-refractivity contribution in [2.75, 3.05) is 6.79 Å². The van der Waals surface area contributed by atoms with Crippen molar-refractivity contribution in [3.63, 3.8) is 0 Å². The Hall–Kier alpha value is -2.99. The zero-order chi connectivity index (χ0) is 15.4. The highest BCUT2D eigenvalue weighted by molar-refractivity contribution is 6.09. The minimum absolute atomic E-state index is 0.190. The lowest BCUT2D eigenvalue weighted by Crippen LogP contribution is -1.95. The van der Waals surface area contributed by atoms with Gasteiger partial charge in [-0.15, -0.1) is 0 Å². The highest BCUT2D eigenvalue weighted by atomic mass is 16.7. The van der Waals surface area contributed by atoms with E-state index < -0.39 is 0 Å². The molecule has 3 rings (SSSR count). The number of benzene rings is 2. The molecular formula is C19H14O3. The van der Waals surface area contributed by atoms with E-state index in [-0.39, 0.29) is 12.6 Å². The van der Waals surface area contributed by atoms with Crippen molar-refractivity contribution >= 4 is 11.4 Å². The van der Waals surface area contributed by atoms with E-state index in [2.05, 4.69) is 18.4 Å². The van der Waals surface area contributed by atoms with E-state index in [0.717, 1.165) is 11.1 Å². The van der Waals surface area contributed by atoms with Crippen molar-refractivity contribution in [3.05, 3.63) is 66.2 Å². The monoisotopic (exact) mass is 290 g/mol. The van der Waals surface area contributed by atoms with Gasteiger partial charge in [0, 0.05) is 12.0 Å². The van der Waals surface area contributed by atoms with Crippen molar-refractivity contribution in [2.45, 2.75) is 6.42 Å². The van der Waals surface area contributed by atoms with Crippen molar-refractivity contribution in [1.82, 2.24) is 0 Å². The number of Topliss-reactive ketones (excluding diaryl/α,β-unsaturated/α-hetero) is 1. The van der Waals surface area contributed by atoms with Gasteiger partial charge < -0.3 is 9.47 Å². The maximum absolute atomic E-state index is 12.1. The van der Waals surface area contributed by atoms with E-state index in [9.17, 15) is 4.79 Å². The van der Waals surface area contributed by atoms with Gasteiger partial charge in [-0.05, 0) is 35.3 Å². The first-order valence-corrected chi connectivity index (χ1v) is 6.90. The van der Waals surface area contributed by atoms with Crippen molar-refractivity contribution in [1.29, 1.82) is 0 Å². The Morgan fingerprint density at radius 1 is 1.05 bits per heavy atom. The van der Waals surface area contributed by atoms with Crippen LogP contribution in [0.25, 0.3) is 5.57 Å². The highest BCUT2D eigenvalue weighted by Gasteiger charge is 2.15. The predicted molar refractivity (Wildman–Crippen MR) is 84.8 cm³/mol. The summed E-state index contributed by atoms with van der Waals surface area (Å²) in [7, 11) is 0. The van der Waals surface area contributed by atoms with Crippen LogP contribution in [0.2, 0.25) is 0 Å². The Bertz CT molecular complexity index is 779. The topological polar surface area (TPSA) is 35.5 Å². The first-order chi connectivity index (χ1) is 10.7. The summed E-state index contributed by atoms with van der Waals surface area (Å²) >= 11 is 0.